The third kappa shape index (κ3) is 4.21. The van der Waals surface area contributed by atoms with Crippen LogP contribution in [0.15, 0.2) is 23.1 Å². The number of nitrogens with one attached hydrogen (secondary N) is 1. The van der Waals surface area contributed by atoms with Crippen molar-refractivity contribution in [1.82, 2.24) is 4.72 Å². The molecule has 0 saturated heterocycles. The van der Waals surface area contributed by atoms with Crippen LogP contribution in [0.1, 0.15) is 46.1 Å². The zero-order valence-corrected chi connectivity index (χ0v) is 13.0. The molecule has 0 radical (unpaired) electrons. The van der Waals surface area contributed by atoms with E-state index in [0.717, 1.165) is 5.56 Å². The summed E-state index contributed by atoms with van der Waals surface area (Å²) < 4.78 is 32.7. The van der Waals surface area contributed by atoms with Gasteiger partial charge in [0.15, 0.2) is 0 Å². The largest absolute Gasteiger partial charge is 0.492 e. The van der Waals surface area contributed by atoms with Crippen LogP contribution in [-0.2, 0) is 10.0 Å². The molecule has 0 heterocycles. The molecule has 0 fully saturated rings. The van der Waals surface area contributed by atoms with Gasteiger partial charge in [-0.3, -0.25) is 0 Å². The molecule has 0 bridgehead atoms. The first-order chi connectivity index (χ1) is 8.77. The van der Waals surface area contributed by atoms with Gasteiger partial charge in [0.2, 0.25) is 10.0 Å². The summed E-state index contributed by atoms with van der Waals surface area (Å²) in [4.78, 5) is 0.217. The molecule has 0 spiro atoms. The van der Waals surface area contributed by atoms with Gasteiger partial charge in [-0.2, -0.15) is 0 Å². The van der Waals surface area contributed by atoms with Crippen molar-refractivity contribution < 1.29 is 13.2 Å². The van der Waals surface area contributed by atoms with Gasteiger partial charge in [0.1, 0.15) is 10.6 Å². The summed E-state index contributed by atoms with van der Waals surface area (Å²) in [6.07, 6.45) is 0. The van der Waals surface area contributed by atoms with E-state index in [1.54, 1.807) is 26.0 Å². The summed E-state index contributed by atoms with van der Waals surface area (Å²) in [6.45, 7) is 9.92. The zero-order chi connectivity index (χ0) is 14.6. The summed E-state index contributed by atoms with van der Waals surface area (Å²) in [5, 5.41) is 0. The number of benzene rings is 1. The van der Waals surface area contributed by atoms with Gasteiger partial charge in [-0.1, -0.05) is 19.9 Å². The average Bonchev–Trinajstić information content (AvgIpc) is 2.27. The Balaban J connectivity index is 3.32. The van der Waals surface area contributed by atoms with Gasteiger partial charge in [0.05, 0.1) is 6.61 Å². The summed E-state index contributed by atoms with van der Waals surface area (Å²) in [7, 11) is -3.54. The number of rotatable bonds is 6. The van der Waals surface area contributed by atoms with Gasteiger partial charge in [0.25, 0.3) is 0 Å². The van der Waals surface area contributed by atoms with Crippen molar-refractivity contribution in [3.05, 3.63) is 23.8 Å². The lowest BCUT2D eigenvalue weighted by atomic mass is 10.0. The number of hydrogen-bond acceptors (Lipinski definition) is 3. The molecule has 19 heavy (non-hydrogen) atoms. The van der Waals surface area contributed by atoms with Crippen LogP contribution < -0.4 is 9.46 Å². The molecular formula is C14H23NO3S. The lowest BCUT2D eigenvalue weighted by molar-refractivity contribution is 0.330. The van der Waals surface area contributed by atoms with Crippen molar-refractivity contribution in [2.45, 2.75) is 51.5 Å². The van der Waals surface area contributed by atoms with Crippen molar-refractivity contribution in [2.24, 2.45) is 0 Å². The highest BCUT2D eigenvalue weighted by atomic mass is 32.2. The van der Waals surface area contributed by atoms with E-state index in [9.17, 15) is 8.42 Å². The van der Waals surface area contributed by atoms with Crippen LogP contribution in [0.5, 0.6) is 5.75 Å². The molecule has 1 N–H and O–H groups in total. The Bertz CT molecular complexity index is 521. The minimum atomic E-state index is -3.54. The number of ether oxygens (including phenoxy) is 1. The van der Waals surface area contributed by atoms with Crippen molar-refractivity contribution >= 4 is 10.0 Å². The highest BCUT2D eigenvalue weighted by Gasteiger charge is 2.21. The average molecular weight is 285 g/mol. The van der Waals surface area contributed by atoms with Gasteiger partial charge in [0, 0.05) is 6.04 Å². The maximum Gasteiger partial charge on any atom is 0.244 e. The van der Waals surface area contributed by atoms with Crippen LogP contribution in [0.2, 0.25) is 0 Å². The van der Waals surface area contributed by atoms with Crippen LogP contribution in [0.4, 0.5) is 0 Å². The molecule has 0 atom stereocenters. The van der Waals surface area contributed by atoms with E-state index in [2.05, 4.69) is 4.72 Å². The highest BCUT2D eigenvalue weighted by molar-refractivity contribution is 7.89. The van der Waals surface area contributed by atoms with E-state index >= 15 is 0 Å². The Hall–Kier alpha value is -1.07. The van der Waals surface area contributed by atoms with Crippen LogP contribution in [0.3, 0.4) is 0 Å². The maximum atomic E-state index is 12.3. The van der Waals surface area contributed by atoms with E-state index in [1.807, 2.05) is 26.8 Å². The lowest BCUT2D eigenvalue weighted by Gasteiger charge is -2.16. The second-order valence-corrected chi connectivity index (χ2v) is 6.75. The molecular weight excluding hydrogens is 262 g/mol. The molecule has 4 nitrogen and oxygen atoms in total. The molecule has 1 aromatic rings. The Morgan fingerprint density at radius 1 is 1.21 bits per heavy atom. The second-order valence-electron chi connectivity index (χ2n) is 5.07. The fraction of sp³-hybridized carbons (Fsp3) is 0.571. The summed E-state index contributed by atoms with van der Waals surface area (Å²) in [6, 6.07) is 5.18. The summed E-state index contributed by atoms with van der Waals surface area (Å²) in [5.41, 5.74) is 0.979. The Labute approximate surface area is 116 Å². The minimum absolute atomic E-state index is 0.151. The first-order valence-electron chi connectivity index (χ1n) is 6.57. The van der Waals surface area contributed by atoms with E-state index in [1.165, 1.54) is 0 Å². The molecule has 0 aliphatic heterocycles. The van der Waals surface area contributed by atoms with Gasteiger partial charge >= 0.3 is 0 Å². The molecule has 0 amide bonds. The van der Waals surface area contributed by atoms with Crippen LogP contribution in [0.25, 0.3) is 0 Å². The van der Waals surface area contributed by atoms with Gasteiger partial charge < -0.3 is 4.74 Å². The zero-order valence-electron chi connectivity index (χ0n) is 12.2. The van der Waals surface area contributed by atoms with E-state index in [-0.39, 0.29) is 16.9 Å². The van der Waals surface area contributed by atoms with E-state index < -0.39 is 10.0 Å². The van der Waals surface area contributed by atoms with Crippen LogP contribution >= 0.6 is 0 Å². The fourth-order valence-electron chi connectivity index (χ4n) is 1.74. The van der Waals surface area contributed by atoms with Crippen molar-refractivity contribution in [2.75, 3.05) is 6.61 Å². The summed E-state index contributed by atoms with van der Waals surface area (Å²) >= 11 is 0. The fourth-order valence-corrected chi connectivity index (χ4v) is 3.17. The molecule has 1 aromatic carbocycles. The SMILES string of the molecule is CCOc1ccc(C(C)C)cc1S(=O)(=O)NC(C)C. The topological polar surface area (TPSA) is 55.4 Å². The number of hydrogen-bond donors (Lipinski definition) is 1. The predicted molar refractivity (Wildman–Crippen MR) is 77.2 cm³/mol. The minimum Gasteiger partial charge on any atom is -0.492 e. The standard InChI is InChI=1S/C14H23NO3S/c1-6-18-13-8-7-12(10(2)3)9-14(13)19(16,17)15-11(4)5/h7-11,15H,6H2,1-5H3. The molecule has 108 valence electrons. The normalized spacial score (nSPS) is 12.2. The van der Waals surface area contributed by atoms with Gasteiger partial charge in [-0.15, -0.1) is 0 Å². The van der Waals surface area contributed by atoms with Crippen LogP contribution in [-0.4, -0.2) is 21.1 Å². The second kappa shape index (κ2) is 6.39. The Morgan fingerprint density at radius 3 is 2.32 bits per heavy atom. The molecule has 0 unspecified atom stereocenters. The van der Waals surface area contributed by atoms with E-state index in [4.69, 9.17) is 4.74 Å². The third-order valence-electron chi connectivity index (χ3n) is 2.61. The number of sulfonamides is 1. The van der Waals surface area contributed by atoms with Crippen molar-refractivity contribution in [3.63, 3.8) is 0 Å². The Morgan fingerprint density at radius 2 is 1.84 bits per heavy atom. The highest BCUT2D eigenvalue weighted by Crippen LogP contribution is 2.28. The van der Waals surface area contributed by atoms with Crippen molar-refractivity contribution in [3.8, 4) is 5.75 Å². The lowest BCUT2D eigenvalue weighted by Crippen LogP contribution is -2.30. The van der Waals surface area contributed by atoms with Gasteiger partial charge in [-0.25, -0.2) is 13.1 Å². The van der Waals surface area contributed by atoms with Gasteiger partial charge in [-0.05, 0) is 44.4 Å². The summed E-state index contributed by atoms with van der Waals surface area (Å²) in [5.74, 6) is 0.670. The molecule has 0 aliphatic carbocycles. The molecule has 0 saturated carbocycles. The molecule has 0 aromatic heterocycles. The third-order valence-corrected chi connectivity index (χ3v) is 4.29. The van der Waals surface area contributed by atoms with E-state index in [0.29, 0.717) is 12.4 Å². The first kappa shape index (κ1) is 16.0. The molecule has 0 aliphatic rings. The monoisotopic (exact) mass is 285 g/mol. The predicted octanol–water partition coefficient (Wildman–Crippen LogP) is 2.90. The van der Waals surface area contributed by atoms with Crippen LogP contribution in [0, 0.1) is 0 Å². The Kier molecular flexibility index (Phi) is 5.38. The smallest absolute Gasteiger partial charge is 0.244 e. The maximum absolute atomic E-state index is 12.3. The quantitative estimate of drug-likeness (QED) is 0.874. The molecule has 1 rings (SSSR count). The first-order valence-corrected chi connectivity index (χ1v) is 8.05. The molecule has 5 heteroatoms. The van der Waals surface area contributed by atoms with Crippen molar-refractivity contribution in [1.29, 1.82) is 0 Å².